The molecule has 0 aliphatic rings. The molecule has 0 heterocycles. The molecule has 0 spiro atoms. The van der Waals surface area contributed by atoms with Gasteiger partial charge in [-0.1, -0.05) is 31.8 Å². The van der Waals surface area contributed by atoms with Gasteiger partial charge in [0.1, 0.15) is 13.8 Å². The van der Waals surface area contributed by atoms with Crippen molar-refractivity contribution in [3.05, 3.63) is 29.8 Å². The van der Waals surface area contributed by atoms with Crippen LogP contribution in [0.1, 0.15) is 5.56 Å². The summed E-state index contributed by atoms with van der Waals surface area (Å²) in [5, 5.41) is 0. The van der Waals surface area contributed by atoms with Crippen LogP contribution in [0.15, 0.2) is 24.3 Å². The molecule has 0 aliphatic carbocycles. The monoisotopic (exact) mass is 246 g/mol. The van der Waals surface area contributed by atoms with Crippen molar-refractivity contribution >= 4 is 13.9 Å². The average Bonchev–Trinajstić information content (AvgIpc) is 2.27. The summed E-state index contributed by atoms with van der Waals surface area (Å²) >= 11 is 0. The van der Waals surface area contributed by atoms with Gasteiger partial charge >= 0.3 is 0 Å². The van der Waals surface area contributed by atoms with Crippen LogP contribution in [0.3, 0.4) is 0 Å². The number of hydrogen-bond donors (Lipinski definition) is 0. The van der Waals surface area contributed by atoms with Crippen molar-refractivity contribution in [3.8, 4) is 17.2 Å². The third kappa shape index (κ3) is 5.37. The number of ether oxygens (including phenoxy) is 1. The van der Waals surface area contributed by atoms with Crippen LogP contribution in [-0.4, -0.2) is 21.0 Å². The Hall–Kier alpha value is -1.53. The van der Waals surface area contributed by atoms with Crippen LogP contribution < -0.4 is 4.74 Å². The highest BCUT2D eigenvalue weighted by Crippen LogP contribution is 2.11. The minimum absolute atomic E-state index is 0.0161. The molecule has 0 N–H and O–H groups in total. The Morgan fingerprint density at radius 2 is 1.82 bits per heavy atom. The van der Waals surface area contributed by atoms with Gasteiger partial charge in [-0.2, -0.15) is 0 Å². The van der Waals surface area contributed by atoms with Crippen molar-refractivity contribution in [3.63, 3.8) is 0 Å². The molecule has 0 unspecified atom stereocenters. The molecule has 1 aromatic carbocycles. The van der Waals surface area contributed by atoms with Gasteiger partial charge in [0, 0.05) is 6.42 Å². The molecule has 0 saturated carbocycles. The van der Waals surface area contributed by atoms with Crippen molar-refractivity contribution in [2.45, 2.75) is 26.1 Å². The molecule has 17 heavy (non-hydrogen) atoms. The largest absolute Gasteiger partial charge is 0.497 e. The van der Waals surface area contributed by atoms with E-state index in [0.29, 0.717) is 6.42 Å². The van der Waals surface area contributed by atoms with Gasteiger partial charge in [-0.3, -0.25) is 4.79 Å². The first-order valence-electron chi connectivity index (χ1n) is 5.59. The van der Waals surface area contributed by atoms with E-state index in [0.717, 1.165) is 11.3 Å². The maximum absolute atomic E-state index is 11.6. The van der Waals surface area contributed by atoms with Gasteiger partial charge in [0.15, 0.2) is 0 Å². The molecular weight excluding hydrogens is 228 g/mol. The van der Waals surface area contributed by atoms with E-state index in [4.69, 9.17) is 4.74 Å². The molecule has 0 saturated heterocycles. The highest BCUT2D eigenvalue weighted by atomic mass is 28.3. The van der Waals surface area contributed by atoms with Crippen molar-refractivity contribution in [1.82, 2.24) is 0 Å². The Labute approximate surface area is 104 Å². The van der Waals surface area contributed by atoms with Gasteiger partial charge in [-0.25, -0.2) is 0 Å². The van der Waals surface area contributed by atoms with Crippen molar-refractivity contribution in [2.24, 2.45) is 0 Å². The van der Waals surface area contributed by atoms with E-state index < -0.39 is 8.07 Å². The fraction of sp³-hybridized carbons (Fsp3) is 0.357. The zero-order valence-electron chi connectivity index (χ0n) is 10.8. The lowest BCUT2D eigenvalue weighted by Crippen LogP contribution is -2.17. The highest BCUT2D eigenvalue weighted by molar-refractivity contribution is 6.84. The normalized spacial score (nSPS) is 10.4. The summed E-state index contributed by atoms with van der Waals surface area (Å²) in [6.45, 7) is 6.38. The fourth-order valence-corrected chi connectivity index (χ4v) is 1.74. The molecule has 3 heteroatoms. The molecule has 0 fully saturated rings. The Bertz CT molecular complexity index is 444. The van der Waals surface area contributed by atoms with Crippen LogP contribution in [-0.2, 0) is 11.2 Å². The summed E-state index contributed by atoms with van der Waals surface area (Å²) < 4.78 is 5.06. The maximum Gasteiger partial charge on any atom is 0.209 e. The second-order valence-corrected chi connectivity index (χ2v) is 9.70. The second-order valence-electron chi connectivity index (χ2n) is 4.95. The van der Waals surface area contributed by atoms with Gasteiger partial charge in [-0.15, -0.1) is 5.54 Å². The number of hydrogen-bond acceptors (Lipinski definition) is 2. The highest BCUT2D eigenvalue weighted by Gasteiger charge is 2.08. The third-order valence-electron chi connectivity index (χ3n) is 2.10. The number of carbonyl (C=O) groups is 1. The number of methoxy groups -OCH3 is 1. The lowest BCUT2D eigenvalue weighted by molar-refractivity contribution is -0.113. The molecule has 0 atom stereocenters. The topological polar surface area (TPSA) is 26.3 Å². The standard InChI is InChI=1S/C14H18O2Si/c1-16-14-7-5-12(6-8-14)11-13(15)9-10-17(2,3)4/h5-8H,11H2,1-4H3. The summed E-state index contributed by atoms with van der Waals surface area (Å²) in [6.07, 6.45) is 0.376. The first kappa shape index (κ1) is 13.5. The van der Waals surface area contributed by atoms with E-state index in [1.54, 1.807) is 7.11 Å². The lowest BCUT2D eigenvalue weighted by Gasteiger charge is -2.03. The quantitative estimate of drug-likeness (QED) is 0.605. The van der Waals surface area contributed by atoms with Crippen molar-refractivity contribution < 1.29 is 9.53 Å². The Morgan fingerprint density at radius 1 is 1.24 bits per heavy atom. The van der Waals surface area contributed by atoms with Crippen LogP contribution in [0.5, 0.6) is 5.75 Å². The smallest absolute Gasteiger partial charge is 0.209 e. The zero-order chi connectivity index (χ0) is 12.9. The summed E-state index contributed by atoms with van der Waals surface area (Å²) in [6, 6.07) is 7.50. The Kier molecular flexibility index (Phi) is 4.53. The average molecular weight is 246 g/mol. The van der Waals surface area contributed by atoms with Crippen LogP contribution in [0.4, 0.5) is 0 Å². The van der Waals surface area contributed by atoms with Crippen molar-refractivity contribution in [1.29, 1.82) is 0 Å². The molecule has 0 bridgehead atoms. The molecule has 90 valence electrons. The van der Waals surface area contributed by atoms with Gasteiger partial charge in [-0.05, 0) is 23.6 Å². The third-order valence-corrected chi connectivity index (χ3v) is 2.98. The molecule has 2 nitrogen and oxygen atoms in total. The van der Waals surface area contributed by atoms with Crippen LogP contribution in [0, 0.1) is 11.5 Å². The first-order valence-corrected chi connectivity index (χ1v) is 9.09. The SMILES string of the molecule is COc1ccc(CC(=O)C#C[Si](C)(C)C)cc1. The number of benzene rings is 1. The van der Waals surface area contributed by atoms with Gasteiger partial charge in [0.2, 0.25) is 5.78 Å². The maximum atomic E-state index is 11.6. The minimum Gasteiger partial charge on any atom is -0.497 e. The fourth-order valence-electron chi connectivity index (χ4n) is 1.23. The number of rotatable bonds is 3. The van der Waals surface area contributed by atoms with E-state index in [-0.39, 0.29) is 5.78 Å². The summed E-state index contributed by atoms with van der Waals surface area (Å²) in [5.41, 5.74) is 4.05. The summed E-state index contributed by atoms with van der Waals surface area (Å²) in [5.74, 6) is 3.53. The van der Waals surface area contributed by atoms with E-state index >= 15 is 0 Å². The van der Waals surface area contributed by atoms with E-state index in [2.05, 4.69) is 31.1 Å². The van der Waals surface area contributed by atoms with Crippen molar-refractivity contribution in [2.75, 3.05) is 7.11 Å². The summed E-state index contributed by atoms with van der Waals surface area (Å²) in [4.78, 5) is 11.6. The number of Topliss-reactive ketones (excluding diaryl/α,β-unsaturated/α-hetero) is 1. The summed E-state index contributed by atoms with van der Waals surface area (Å²) in [7, 11) is 0.171. The predicted molar refractivity (Wildman–Crippen MR) is 72.8 cm³/mol. The zero-order valence-corrected chi connectivity index (χ0v) is 11.8. The Morgan fingerprint density at radius 3 is 2.29 bits per heavy atom. The molecule has 1 aromatic rings. The minimum atomic E-state index is -1.45. The van der Waals surface area contributed by atoms with Gasteiger partial charge in [0.25, 0.3) is 0 Å². The van der Waals surface area contributed by atoms with Gasteiger partial charge in [0.05, 0.1) is 7.11 Å². The molecule has 0 amide bonds. The lowest BCUT2D eigenvalue weighted by atomic mass is 10.1. The second kappa shape index (κ2) is 5.69. The predicted octanol–water partition coefficient (Wildman–Crippen LogP) is 2.69. The van der Waals surface area contributed by atoms with Crippen LogP contribution in [0.25, 0.3) is 0 Å². The molecule has 0 aromatic heterocycles. The van der Waals surface area contributed by atoms with Crippen LogP contribution >= 0.6 is 0 Å². The molecule has 0 radical (unpaired) electrons. The molecule has 0 aliphatic heterocycles. The molecular formula is C14H18O2Si. The van der Waals surface area contributed by atoms with Crippen LogP contribution in [0.2, 0.25) is 19.6 Å². The molecule has 1 rings (SSSR count). The Balaban J connectivity index is 2.64. The first-order chi connectivity index (χ1) is 7.90. The van der Waals surface area contributed by atoms with E-state index in [1.165, 1.54) is 0 Å². The van der Waals surface area contributed by atoms with Gasteiger partial charge < -0.3 is 4.74 Å². The van der Waals surface area contributed by atoms with E-state index in [9.17, 15) is 4.79 Å². The van der Waals surface area contributed by atoms with E-state index in [1.807, 2.05) is 24.3 Å². The number of ketones is 1. The number of carbonyl (C=O) groups excluding carboxylic acids is 1.